The quantitative estimate of drug-likeness (QED) is 0.659. The fraction of sp³-hybridized carbons (Fsp3) is 0.176. The molecule has 0 aliphatic rings. The predicted molar refractivity (Wildman–Crippen MR) is 87.3 cm³/mol. The average Bonchev–Trinajstić information content (AvgIpc) is 2.47. The Morgan fingerprint density at radius 1 is 0.783 bits per heavy atom. The van der Waals surface area contributed by atoms with Gasteiger partial charge in [-0.3, -0.25) is 9.59 Å². The molecule has 2 aromatic carbocycles. The molecule has 120 valence electrons. The number of anilines is 2. The van der Waals surface area contributed by atoms with Crippen LogP contribution < -0.4 is 10.6 Å². The van der Waals surface area contributed by atoms with Gasteiger partial charge in [0.2, 0.25) is 11.8 Å². The Balaban J connectivity index is 1.71. The summed E-state index contributed by atoms with van der Waals surface area (Å²) in [6.07, 6.45) is 0.793. The van der Waals surface area contributed by atoms with E-state index in [0.29, 0.717) is 17.8 Å². The van der Waals surface area contributed by atoms with Crippen molar-refractivity contribution in [1.29, 1.82) is 0 Å². The molecule has 0 heterocycles. The molecule has 0 fully saturated rings. The summed E-state index contributed by atoms with van der Waals surface area (Å²) in [6, 6.07) is 12.5. The largest absolute Gasteiger partial charge is 0.508 e. The van der Waals surface area contributed by atoms with Crippen LogP contribution in [0.4, 0.5) is 11.4 Å². The minimum Gasteiger partial charge on any atom is -0.508 e. The molecule has 0 aliphatic carbocycles. The van der Waals surface area contributed by atoms with Gasteiger partial charge in [-0.05, 0) is 30.7 Å². The smallest absolute Gasteiger partial charge is 0.224 e. The molecule has 0 aromatic heterocycles. The second-order valence-corrected chi connectivity index (χ2v) is 5.05. The summed E-state index contributed by atoms with van der Waals surface area (Å²) in [5, 5.41) is 23.9. The van der Waals surface area contributed by atoms with Crippen molar-refractivity contribution in [3.8, 4) is 11.5 Å². The van der Waals surface area contributed by atoms with Crippen LogP contribution in [-0.4, -0.2) is 22.0 Å². The van der Waals surface area contributed by atoms with Crippen molar-refractivity contribution < 1.29 is 19.8 Å². The Kier molecular flexibility index (Phi) is 5.57. The average molecular weight is 314 g/mol. The third-order valence-electron chi connectivity index (χ3n) is 3.07. The summed E-state index contributed by atoms with van der Waals surface area (Å²) in [4.78, 5) is 23.5. The molecule has 0 bridgehead atoms. The van der Waals surface area contributed by atoms with Gasteiger partial charge in [0.1, 0.15) is 11.5 Å². The van der Waals surface area contributed by atoms with Crippen LogP contribution in [0.3, 0.4) is 0 Å². The summed E-state index contributed by atoms with van der Waals surface area (Å²) in [6.45, 7) is 0. The van der Waals surface area contributed by atoms with Gasteiger partial charge in [-0.15, -0.1) is 0 Å². The first kappa shape index (κ1) is 16.4. The van der Waals surface area contributed by atoms with Crippen LogP contribution in [0.5, 0.6) is 11.5 Å². The molecule has 0 atom stereocenters. The number of hydrogen-bond donors (Lipinski definition) is 4. The number of phenols is 2. The number of carbonyl (C=O) groups excluding carboxylic acids is 2. The Bertz CT molecular complexity index is 641. The number of amides is 2. The van der Waals surface area contributed by atoms with E-state index in [9.17, 15) is 19.8 Å². The van der Waals surface area contributed by atoms with Crippen LogP contribution in [0, 0.1) is 0 Å². The first-order valence-corrected chi connectivity index (χ1v) is 7.21. The highest BCUT2D eigenvalue weighted by atomic mass is 16.3. The van der Waals surface area contributed by atoms with Gasteiger partial charge in [0, 0.05) is 36.3 Å². The SMILES string of the molecule is O=C(CCCC(=O)Nc1cccc(O)c1)Nc1cccc(O)c1. The third-order valence-corrected chi connectivity index (χ3v) is 3.07. The van der Waals surface area contributed by atoms with Gasteiger partial charge in [0.15, 0.2) is 0 Å². The van der Waals surface area contributed by atoms with Crippen molar-refractivity contribution >= 4 is 23.2 Å². The number of rotatable bonds is 6. The minimum atomic E-state index is -0.222. The zero-order valence-corrected chi connectivity index (χ0v) is 12.5. The van der Waals surface area contributed by atoms with E-state index in [1.807, 2.05) is 0 Å². The minimum absolute atomic E-state index is 0.0771. The molecule has 2 rings (SSSR count). The van der Waals surface area contributed by atoms with Crippen LogP contribution in [0.15, 0.2) is 48.5 Å². The molecule has 6 nitrogen and oxygen atoms in total. The maximum Gasteiger partial charge on any atom is 0.224 e. The van der Waals surface area contributed by atoms with E-state index in [-0.39, 0.29) is 36.2 Å². The zero-order chi connectivity index (χ0) is 16.7. The monoisotopic (exact) mass is 314 g/mol. The lowest BCUT2D eigenvalue weighted by atomic mass is 10.2. The maximum atomic E-state index is 11.8. The standard InChI is InChI=1S/C17H18N2O4/c20-14-6-1-4-12(10-14)18-16(22)8-3-9-17(23)19-13-5-2-7-15(21)11-13/h1-2,4-7,10-11,20-21H,3,8-9H2,(H,18,22)(H,19,23). The molecule has 23 heavy (non-hydrogen) atoms. The molecule has 0 spiro atoms. The van der Waals surface area contributed by atoms with Crippen molar-refractivity contribution in [1.82, 2.24) is 0 Å². The van der Waals surface area contributed by atoms with Crippen molar-refractivity contribution in [2.45, 2.75) is 19.3 Å². The third kappa shape index (κ3) is 5.70. The molecule has 2 amide bonds. The Morgan fingerprint density at radius 2 is 1.22 bits per heavy atom. The molecule has 2 aromatic rings. The highest BCUT2D eigenvalue weighted by Gasteiger charge is 2.07. The Labute approximate surface area is 133 Å². The van der Waals surface area contributed by atoms with Crippen LogP contribution in [0.25, 0.3) is 0 Å². The van der Waals surface area contributed by atoms with Gasteiger partial charge in [0.05, 0.1) is 0 Å². The van der Waals surface area contributed by atoms with Gasteiger partial charge in [-0.2, -0.15) is 0 Å². The van der Waals surface area contributed by atoms with Crippen LogP contribution in [0.1, 0.15) is 19.3 Å². The topological polar surface area (TPSA) is 98.7 Å². The lowest BCUT2D eigenvalue weighted by Crippen LogP contribution is -2.14. The molecule has 4 N–H and O–H groups in total. The van der Waals surface area contributed by atoms with E-state index in [1.54, 1.807) is 24.3 Å². The summed E-state index contributed by atoms with van der Waals surface area (Å²) in [5.41, 5.74) is 1.03. The van der Waals surface area contributed by atoms with Crippen molar-refractivity contribution in [2.24, 2.45) is 0 Å². The fourth-order valence-corrected chi connectivity index (χ4v) is 2.02. The molecule has 0 unspecified atom stereocenters. The summed E-state index contributed by atoms with van der Waals surface area (Å²) < 4.78 is 0. The number of benzene rings is 2. The maximum absolute atomic E-state index is 11.8. The van der Waals surface area contributed by atoms with Crippen molar-refractivity contribution in [3.05, 3.63) is 48.5 Å². The first-order valence-electron chi connectivity index (χ1n) is 7.21. The van der Waals surface area contributed by atoms with Gasteiger partial charge in [-0.1, -0.05) is 12.1 Å². The van der Waals surface area contributed by atoms with Crippen LogP contribution in [-0.2, 0) is 9.59 Å². The lowest BCUT2D eigenvalue weighted by Gasteiger charge is -2.07. The molecule has 6 heteroatoms. The number of aromatic hydroxyl groups is 2. The normalized spacial score (nSPS) is 10.1. The van der Waals surface area contributed by atoms with Gasteiger partial charge >= 0.3 is 0 Å². The van der Waals surface area contributed by atoms with Gasteiger partial charge in [-0.25, -0.2) is 0 Å². The summed E-state index contributed by atoms with van der Waals surface area (Å²) in [7, 11) is 0. The van der Waals surface area contributed by atoms with Crippen molar-refractivity contribution in [2.75, 3.05) is 10.6 Å². The summed E-state index contributed by atoms with van der Waals surface area (Å²) >= 11 is 0. The van der Waals surface area contributed by atoms with E-state index in [1.165, 1.54) is 24.3 Å². The highest BCUT2D eigenvalue weighted by Crippen LogP contribution is 2.17. The van der Waals surface area contributed by atoms with Crippen LogP contribution >= 0.6 is 0 Å². The predicted octanol–water partition coefficient (Wildman–Crippen LogP) is 2.85. The fourth-order valence-electron chi connectivity index (χ4n) is 2.02. The molecule has 0 saturated carbocycles. The summed E-state index contributed by atoms with van der Waals surface area (Å²) in [5.74, 6) is -0.289. The number of phenolic OH excluding ortho intramolecular Hbond substituents is 2. The van der Waals surface area contributed by atoms with E-state index < -0.39 is 0 Å². The van der Waals surface area contributed by atoms with E-state index in [4.69, 9.17) is 0 Å². The molecular weight excluding hydrogens is 296 g/mol. The van der Waals surface area contributed by atoms with Gasteiger partial charge < -0.3 is 20.8 Å². The molecular formula is C17H18N2O4. The second kappa shape index (κ2) is 7.84. The zero-order valence-electron chi connectivity index (χ0n) is 12.5. The molecule has 0 saturated heterocycles. The highest BCUT2D eigenvalue weighted by molar-refractivity contribution is 5.93. The number of hydrogen-bond acceptors (Lipinski definition) is 4. The van der Waals surface area contributed by atoms with E-state index in [0.717, 1.165) is 0 Å². The molecule has 0 radical (unpaired) electrons. The molecule has 0 aliphatic heterocycles. The van der Waals surface area contributed by atoms with Crippen molar-refractivity contribution in [3.63, 3.8) is 0 Å². The van der Waals surface area contributed by atoms with E-state index in [2.05, 4.69) is 10.6 Å². The van der Waals surface area contributed by atoms with Crippen LogP contribution in [0.2, 0.25) is 0 Å². The van der Waals surface area contributed by atoms with E-state index >= 15 is 0 Å². The second-order valence-electron chi connectivity index (χ2n) is 5.05. The van der Waals surface area contributed by atoms with Gasteiger partial charge in [0.25, 0.3) is 0 Å². The Hall–Kier alpha value is -3.02. The number of nitrogens with one attached hydrogen (secondary N) is 2. The number of carbonyl (C=O) groups is 2. The lowest BCUT2D eigenvalue weighted by molar-refractivity contribution is -0.117. The first-order chi connectivity index (χ1) is 11.0. The Morgan fingerprint density at radius 3 is 1.61 bits per heavy atom.